The summed E-state index contributed by atoms with van der Waals surface area (Å²) < 4.78 is 0. The maximum absolute atomic E-state index is 9.27. The van der Waals surface area contributed by atoms with E-state index in [-0.39, 0.29) is 12.0 Å². The molecule has 1 N–H and O–H groups in total. The van der Waals surface area contributed by atoms with Crippen LogP contribution < -0.4 is 0 Å². The molecule has 0 spiro atoms. The quantitative estimate of drug-likeness (QED) is 0.840. The zero-order valence-corrected chi connectivity index (χ0v) is 9.81. The number of aliphatic hydroxyl groups excluding tert-OH is 1. The molecular weight excluding hydrogens is 219 g/mol. The van der Waals surface area contributed by atoms with Crippen LogP contribution in [0.2, 0.25) is 10.0 Å². The van der Waals surface area contributed by atoms with Crippen LogP contribution in [0, 0.1) is 0 Å². The summed E-state index contributed by atoms with van der Waals surface area (Å²) in [5.74, 6) is 0.223. The van der Waals surface area contributed by atoms with E-state index in [0.29, 0.717) is 16.5 Å². The minimum Gasteiger partial charge on any atom is -0.393 e. The van der Waals surface area contributed by atoms with Gasteiger partial charge >= 0.3 is 0 Å². The Bertz CT molecular complexity index is 310. The van der Waals surface area contributed by atoms with Gasteiger partial charge in [-0.1, -0.05) is 42.3 Å². The van der Waals surface area contributed by atoms with Crippen LogP contribution in [0.15, 0.2) is 18.2 Å². The maximum atomic E-state index is 9.27. The molecule has 1 rings (SSSR count). The maximum Gasteiger partial charge on any atom is 0.0627 e. The van der Waals surface area contributed by atoms with Gasteiger partial charge in [-0.05, 0) is 30.9 Å². The normalized spacial score (nSPS) is 15.2. The lowest BCUT2D eigenvalue weighted by atomic mass is 9.95. The van der Waals surface area contributed by atoms with E-state index in [1.165, 1.54) is 0 Å². The zero-order chi connectivity index (χ0) is 10.7. The molecule has 0 aliphatic heterocycles. The van der Waals surface area contributed by atoms with Gasteiger partial charge in [0.1, 0.15) is 0 Å². The van der Waals surface area contributed by atoms with Gasteiger partial charge in [0, 0.05) is 0 Å². The van der Waals surface area contributed by atoms with Crippen molar-refractivity contribution in [3.63, 3.8) is 0 Å². The highest BCUT2D eigenvalue weighted by atomic mass is 35.5. The lowest BCUT2D eigenvalue weighted by Crippen LogP contribution is -2.06. The average Bonchev–Trinajstić information content (AvgIpc) is 2.08. The number of hydrogen-bond acceptors (Lipinski definition) is 1. The van der Waals surface area contributed by atoms with Gasteiger partial charge in [-0.15, -0.1) is 0 Å². The third-order valence-electron chi connectivity index (χ3n) is 2.21. The van der Waals surface area contributed by atoms with E-state index in [9.17, 15) is 5.11 Å². The van der Waals surface area contributed by atoms with Crippen LogP contribution >= 0.6 is 23.2 Å². The Hall–Kier alpha value is -0.240. The zero-order valence-electron chi connectivity index (χ0n) is 8.30. The van der Waals surface area contributed by atoms with Crippen LogP contribution in [-0.2, 0) is 0 Å². The molecule has 1 aromatic carbocycles. The van der Waals surface area contributed by atoms with E-state index in [1.54, 1.807) is 13.0 Å². The monoisotopic (exact) mass is 232 g/mol. The molecule has 14 heavy (non-hydrogen) atoms. The summed E-state index contributed by atoms with van der Waals surface area (Å²) in [5.41, 5.74) is 1.00. The Morgan fingerprint density at radius 1 is 1.29 bits per heavy atom. The number of rotatable bonds is 3. The molecule has 0 radical (unpaired) electrons. The van der Waals surface area contributed by atoms with Gasteiger partial charge in [0.25, 0.3) is 0 Å². The first kappa shape index (κ1) is 11.8. The molecule has 2 unspecified atom stereocenters. The van der Waals surface area contributed by atoms with Crippen molar-refractivity contribution in [3.8, 4) is 0 Å². The average molecular weight is 233 g/mol. The van der Waals surface area contributed by atoms with Crippen molar-refractivity contribution in [2.24, 2.45) is 0 Å². The van der Waals surface area contributed by atoms with Crippen molar-refractivity contribution in [3.05, 3.63) is 33.8 Å². The predicted octanol–water partition coefficient (Wildman–Crippen LogP) is 3.87. The summed E-state index contributed by atoms with van der Waals surface area (Å²) in [6.07, 6.45) is 0.375. The molecule has 1 aromatic rings. The summed E-state index contributed by atoms with van der Waals surface area (Å²) in [4.78, 5) is 0. The number of halogens is 2. The standard InChI is InChI=1S/C11H14Cl2O/c1-7(6-8(2)14)9-4-3-5-10(12)11(9)13/h3-5,7-8,14H,6H2,1-2H3. The highest BCUT2D eigenvalue weighted by Gasteiger charge is 2.13. The van der Waals surface area contributed by atoms with Gasteiger partial charge < -0.3 is 5.11 Å². The van der Waals surface area contributed by atoms with Gasteiger partial charge in [0.15, 0.2) is 0 Å². The second-order valence-electron chi connectivity index (χ2n) is 3.63. The van der Waals surface area contributed by atoms with E-state index < -0.39 is 0 Å². The van der Waals surface area contributed by atoms with Crippen LogP contribution in [-0.4, -0.2) is 11.2 Å². The third kappa shape index (κ3) is 2.88. The Balaban J connectivity index is 2.89. The Labute approximate surface area is 94.7 Å². The summed E-state index contributed by atoms with van der Waals surface area (Å²) in [6, 6.07) is 5.59. The molecule has 0 saturated heterocycles. The molecule has 78 valence electrons. The van der Waals surface area contributed by atoms with Gasteiger partial charge in [0.05, 0.1) is 16.1 Å². The molecule has 0 heterocycles. The van der Waals surface area contributed by atoms with Crippen molar-refractivity contribution in [2.45, 2.75) is 32.3 Å². The number of hydrogen-bond donors (Lipinski definition) is 1. The largest absolute Gasteiger partial charge is 0.393 e. The van der Waals surface area contributed by atoms with Gasteiger partial charge in [-0.3, -0.25) is 0 Å². The van der Waals surface area contributed by atoms with Crippen molar-refractivity contribution < 1.29 is 5.11 Å². The first-order valence-corrected chi connectivity index (χ1v) is 5.40. The molecule has 0 fully saturated rings. The summed E-state index contributed by atoms with van der Waals surface area (Å²) in [5, 5.41) is 10.4. The molecule has 0 aliphatic rings. The van der Waals surface area contributed by atoms with Crippen LogP contribution in [0.25, 0.3) is 0 Å². The second-order valence-corrected chi connectivity index (χ2v) is 4.41. The topological polar surface area (TPSA) is 20.2 Å². The summed E-state index contributed by atoms with van der Waals surface area (Å²) >= 11 is 12.0. The Kier molecular flexibility index (Phi) is 4.24. The number of aliphatic hydroxyl groups is 1. The third-order valence-corrected chi connectivity index (χ3v) is 3.04. The Morgan fingerprint density at radius 2 is 1.93 bits per heavy atom. The molecule has 3 heteroatoms. The van der Waals surface area contributed by atoms with Crippen LogP contribution in [0.5, 0.6) is 0 Å². The molecule has 0 saturated carbocycles. The molecule has 0 bridgehead atoms. The molecule has 0 amide bonds. The van der Waals surface area contributed by atoms with E-state index >= 15 is 0 Å². The van der Waals surface area contributed by atoms with E-state index in [4.69, 9.17) is 23.2 Å². The van der Waals surface area contributed by atoms with Crippen LogP contribution in [0.1, 0.15) is 31.7 Å². The van der Waals surface area contributed by atoms with E-state index in [2.05, 4.69) is 0 Å². The second kappa shape index (κ2) is 5.01. The van der Waals surface area contributed by atoms with Crippen molar-refractivity contribution in [1.29, 1.82) is 0 Å². The summed E-state index contributed by atoms with van der Waals surface area (Å²) in [7, 11) is 0. The van der Waals surface area contributed by atoms with Gasteiger partial charge in [-0.2, -0.15) is 0 Å². The SMILES string of the molecule is CC(O)CC(C)c1cccc(Cl)c1Cl. The molecular formula is C11H14Cl2O. The smallest absolute Gasteiger partial charge is 0.0627 e. The fourth-order valence-electron chi connectivity index (χ4n) is 1.54. The van der Waals surface area contributed by atoms with Gasteiger partial charge in [-0.25, -0.2) is 0 Å². The minimum absolute atomic E-state index is 0.223. The summed E-state index contributed by atoms with van der Waals surface area (Å²) in [6.45, 7) is 3.80. The lowest BCUT2D eigenvalue weighted by Gasteiger charge is -2.15. The van der Waals surface area contributed by atoms with E-state index in [0.717, 1.165) is 5.56 Å². The van der Waals surface area contributed by atoms with Crippen LogP contribution in [0.3, 0.4) is 0 Å². The first-order valence-electron chi connectivity index (χ1n) is 4.64. The lowest BCUT2D eigenvalue weighted by molar-refractivity contribution is 0.176. The highest BCUT2D eigenvalue weighted by molar-refractivity contribution is 6.42. The Morgan fingerprint density at radius 3 is 2.50 bits per heavy atom. The molecule has 0 aromatic heterocycles. The molecule has 2 atom stereocenters. The predicted molar refractivity (Wildman–Crippen MR) is 61.2 cm³/mol. The highest BCUT2D eigenvalue weighted by Crippen LogP contribution is 2.32. The van der Waals surface area contributed by atoms with Crippen molar-refractivity contribution in [2.75, 3.05) is 0 Å². The van der Waals surface area contributed by atoms with Crippen molar-refractivity contribution >= 4 is 23.2 Å². The van der Waals surface area contributed by atoms with Crippen LogP contribution in [0.4, 0.5) is 0 Å². The van der Waals surface area contributed by atoms with E-state index in [1.807, 2.05) is 19.1 Å². The number of benzene rings is 1. The van der Waals surface area contributed by atoms with Gasteiger partial charge in [0.2, 0.25) is 0 Å². The van der Waals surface area contributed by atoms with Crippen molar-refractivity contribution in [1.82, 2.24) is 0 Å². The molecule has 0 aliphatic carbocycles. The minimum atomic E-state index is -0.319. The first-order chi connectivity index (χ1) is 6.52. The molecule has 1 nitrogen and oxygen atoms in total. The fourth-order valence-corrected chi connectivity index (χ4v) is 2.03. The fraction of sp³-hybridized carbons (Fsp3) is 0.455.